The van der Waals surface area contributed by atoms with Crippen molar-refractivity contribution in [3.8, 4) is 0 Å². The Labute approximate surface area is 111 Å². The molecule has 0 fully saturated rings. The fraction of sp³-hybridized carbons (Fsp3) is 0.267. The van der Waals surface area contributed by atoms with Crippen LogP contribution in [0.4, 0.5) is 10.5 Å². The van der Waals surface area contributed by atoms with E-state index in [1.165, 1.54) is 0 Å². The number of anilines is 1. The monoisotopic (exact) mass is 256 g/mol. The van der Waals surface area contributed by atoms with Crippen LogP contribution in [0.5, 0.6) is 0 Å². The number of nitrogens with two attached hydrogens (primary N) is 1. The van der Waals surface area contributed by atoms with E-state index in [0.717, 1.165) is 11.3 Å². The highest BCUT2D eigenvalue weighted by molar-refractivity contribution is 5.93. The van der Waals surface area contributed by atoms with Crippen molar-refractivity contribution in [3.63, 3.8) is 0 Å². The highest BCUT2D eigenvalue weighted by Crippen LogP contribution is 2.34. The van der Waals surface area contributed by atoms with E-state index in [-0.39, 0.29) is 12.0 Å². The SMILES string of the molecule is NC(=O)N1c2ccccc2CC(O)C2C=CC=CC21. The van der Waals surface area contributed by atoms with E-state index in [9.17, 15) is 9.90 Å². The van der Waals surface area contributed by atoms with Crippen LogP contribution in [0, 0.1) is 5.92 Å². The standard InChI is InChI=1S/C15H16N2O2/c16-15(19)17-12-7-3-1-5-10(12)9-14(18)11-6-2-4-8-13(11)17/h1-8,11,13-14,18H,9H2,(H2,16,19). The summed E-state index contributed by atoms with van der Waals surface area (Å²) in [5.74, 6) is -0.120. The van der Waals surface area contributed by atoms with Crippen LogP contribution in [0.3, 0.4) is 0 Å². The molecule has 3 rings (SSSR count). The highest BCUT2D eigenvalue weighted by Gasteiger charge is 2.37. The van der Waals surface area contributed by atoms with Crippen molar-refractivity contribution < 1.29 is 9.90 Å². The second kappa shape index (κ2) is 4.55. The number of primary amides is 1. The molecule has 0 aromatic heterocycles. The molecule has 1 aromatic carbocycles. The summed E-state index contributed by atoms with van der Waals surface area (Å²) in [6, 6.07) is 6.88. The molecule has 0 saturated heterocycles. The zero-order chi connectivity index (χ0) is 13.4. The molecule has 19 heavy (non-hydrogen) atoms. The van der Waals surface area contributed by atoms with E-state index >= 15 is 0 Å². The average Bonchev–Trinajstić information content (AvgIpc) is 2.53. The fourth-order valence-corrected chi connectivity index (χ4v) is 2.93. The van der Waals surface area contributed by atoms with Crippen LogP contribution in [0.1, 0.15) is 5.56 Å². The van der Waals surface area contributed by atoms with E-state index in [4.69, 9.17) is 5.73 Å². The predicted molar refractivity (Wildman–Crippen MR) is 73.8 cm³/mol. The Hall–Kier alpha value is -2.07. The Kier molecular flexibility index (Phi) is 2.87. The molecule has 4 nitrogen and oxygen atoms in total. The molecule has 0 spiro atoms. The number of fused-ring (bicyclic) bond motifs is 2. The van der Waals surface area contributed by atoms with Crippen molar-refractivity contribution in [3.05, 3.63) is 54.1 Å². The highest BCUT2D eigenvalue weighted by atomic mass is 16.3. The van der Waals surface area contributed by atoms with Gasteiger partial charge in [-0.25, -0.2) is 4.79 Å². The molecule has 2 aliphatic rings. The van der Waals surface area contributed by atoms with E-state index < -0.39 is 12.1 Å². The largest absolute Gasteiger partial charge is 0.392 e. The number of amides is 2. The van der Waals surface area contributed by atoms with Crippen LogP contribution in [-0.2, 0) is 6.42 Å². The van der Waals surface area contributed by atoms with Gasteiger partial charge < -0.3 is 10.8 Å². The van der Waals surface area contributed by atoms with E-state index in [1.807, 2.05) is 48.6 Å². The first kappa shape index (κ1) is 12.0. The Morgan fingerprint density at radius 2 is 2.00 bits per heavy atom. The first-order valence-corrected chi connectivity index (χ1v) is 6.38. The molecule has 3 N–H and O–H groups in total. The zero-order valence-electron chi connectivity index (χ0n) is 10.4. The Bertz CT molecular complexity index is 565. The lowest BCUT2D eigenvalue weighted by Crippen LogP contribution is -2.48. The average molecular weight is 256 g/mol. The summed E-state index contributed by atoms with van der Waals surface area (Å²) in [5.41, 5.74) is 7.29. The lowest BCUT2D eigenvalue weighted by molar-refractivity contribution is 0.126. The van der Waals surface area contributed by atoms with Gasteiger partial charge in [0.2, 0.25) is 0 Å². The van der Waals surface area contributed by atoms with Crippen LogP contribution >= 0.6 is 0 Å². The van der Waals surface area contributed by atoms with Gasteiger partial charge in [0, 0.05) is 18.0 Å². The summed E-state index contributed by atoms with van der Waals surface area (Å²) in [4.78, 5) is 13.4. The molecular formula is C15H16N2O2. The van der Waals surface area contributed by atoms with Gasteiger partial charge in [0.15, 0.2) is 0 Å². The Balaban J connectivity index is 2.15. The molecule has 1 heterocycles. The molecule has 0 bridgehead atoms. The summed E-state index contributed by atoms with van der Waals surface area (Å²) in [6.45, 7) is 0. The minimum Gasteiger partial charge on any atom is -0.392 e. The molecule has 1 aromatic rings. The molecule has 0 radical (unpaired) electrons. The van der Waals surface area contributed by atoms with Gasteiger partial charge >= 0.3 is 6.03 Å². The van der Waals surface area contributed by atoms with Crippen LogP contribution in [0.15, 0.2) is 48.6 Å². The number of hydrogen-bond acceptors (Lipinski definition) is 2. The molecule has 0 saturated carbocycles. The van der Waals surface area contributed by atoms with Gasteiger partial charge in [-0.05, 0) is 11.6 Å². The van der Waals surface area contributed by atoms with E-state index in [1.54, 1.807) is 4.90 Å². The van der Waals surface area contributed by atoms with Crippen molar-refractivity contribution in [2.24, 2.45) is 11.7 Å². The third-order valence-electron chi connectivity index (χ3n) is 3.81. The van der Waals surface area contributed by atoms with Gasteiger partial charge in [-0.1, -0.05) is 42.5 Å². The molecule has 3 unspecified atom stereocenters. The van der Waals surface area contributed by atoms with Crippen molar-refractivity contribution in [2.75, 3.05) is 4.90 Å². The number of rotatable bonds is 0. The first-order valence-electron chi connectivity index (χ1n) is 6.38. The molecule has 4 heteroatoms. The van der Waals surface area contributed by atoms with E-state index in [2.05, 4.69) is 0 Å². The Morgan fingerprint density at radius 1 is 1.26 bits per heavy atom. The quantitative estimate of drug-likeness (QED) is 0.740. The minimum atomic E-state index is -0.517. The minimum absolute atomic E-state index is 0.120. The van der Waals surface area contributed by atoms with Crippen molar-refractivity contribution in [2.45, 2.75) is 18.6 Å². The van der Waals surface area contributed by atoms with E-state index in [0.29, 0.717) is 6.42 Å². The summed E-state index contributed by atoms with van der Waals surface area (Å²) < 4.78 is 0. The fourth-order valence-electron chi connectivity index (χ4n) is 2.93. The maximum absolute atomic E-state index is 11.8. The number of benzene rings is 1. The number of aliphatic hydroxyl groups is 1. The first-order chi connectivity index (χ1) is 9.18. The number of carbonyl (C=O) groups excluding carboxylic acids is 1. The number of hydrogen-bond donors (Lipinski definition) is 2. The number of carbonyl (C=O) groups is 1. The molecule has 3 atom stereocenters. The van der Waals surface area contributed by atoms with Crippen LogP contribution in [0.2, 0.25) is 0 Å². The molecule has 98 valence electrons. The third kappa shape index (κ3) is 1.94. The number of allylic oxidation sites excluding steroid dienone is 2. The van der Waals surface area contributed by atoms with Gasteiger partial charge in [0.05, 0.1) is 12.1 Å². The van der Waals surface area contributed by atoms with Crippen LogP contribution in [0.25, 0.3) is 0 Å². The molecule has 2 amide bonds. The summed E-state index contributed by atoms with van der Waals surface area (Å²) in [5, 5.41) is 10.4. The third-order valence-corrected chi connectivity index (χ3v) is 3.81. The molecule has 1 aliphatic heterocycles. The van der Waals surface area contributed by atoms with Crippen molar-refractivity contribution in [1.29, 1.82) is 0 Å². The normalized spacial score (nSPS) is 28.5. The van der Waals surface area contributed by atoms with Gasteiger partial charge in [-0.15, -0.1) is 0 Å². The summed E-state index contributed by atoms with van der Waals surface area (Å²) >= 11 is 0. The van der Waals surface area contributed by atoms with Gasteiger partial charge in [-0.3, -0.25) is 4.90 Å². The Morgan fingerprint density at radius 3 is 2.79 bits per heavy atom. The summed E-state index contributed by atoms with van der Waals surface area (Å²) in [7, 11) is 0. The number of nitrogens with zero attached hydrogens (tertiary/aromatic N) is 1. The van der Waals surface area contributed by atoms with Gasteiger partial charge in [0.25, 0.3) is 0 Å². The van der Waals surface area contributed by atoms with Crippen LogP contribution in [-0.4, -0.2) is 23.3 Å². The van der Waals surface area contributed by atoms with Gasteiger partial charge in [0.1, 0.15) is 0 Å². The lowest BCUT2D eigenvalue weighted by atomic mass is 9.88. The number of urea groups is 1. The number of aliphatic hydroxyl groups excluding tert-OH is 1. The number of para-hydroxylation sites is 1. The molecule has 1 aliphatic carbocycles. The van der Waals surface area contributed by atoms with Gasteiger partial charge in [-0.2, -0.15) is 0 Å². The van der Waals surface area contributed by atoms with Crippen molar-refractivity contribution >= 4 is 11.7 Å². The smallest absolute Gasteiger partial charge is 0.319 e. The maximum atomic E-state index is 11.8. The lowest BCUT2D eigenvalue weighted by Gasteiger charge is -2.33. The maximum Gasteiger partial charge on any atom is 0.319 e. The summed E-state index contributed by atoms with van der Waals surface area (Å²) in [6.07, 6.45) is 7.66. The topological polar surface area (TPSA) is 66.6 Å². The second-order valence-electron chi connectivity index (χ2n) is 4.95. The molecular weight excluding hydrogens is 240 g/mol. The zero-order valence-corrected chi connectivity index (χ0v) is 10.4. The predicted octanol–water partition coefficient (Wildman–Crippen LogP) is 1.60. The van der Waals surface area contributed by atoms with Crippen molar-refractivity contribution in [1.82, 2.24) is 0 Å². The van der Waals surface area contributed by atoms with Crippen LogP contribution < -0.4 is 10.6 Å². The second-order valence-corrected chi connectivity index (χ2v) is 4.95.